The maximum absolute atomic E-state index is 11.9. The molecule has 0 heterocycles. The molecule has 2 rings (SSSR count). The molecule has 3 N–H and O–H groups in total. The number of amides is 1. The van der Waals surface area contributed by atoms with Gasteiger partial charge in [0, 0.05) is 11.6 Å². The number of benzene rings is 2. The Morgan fingerprint density at radius 1 is 1.09 bits per heavy atom. The van der Waals surface area contributed by atoms with E-state index in [0.29, 0.717) is 17.1 Å². The molecule has 0 aromatic heterocycles. The Morgan fingerprint density at radius 2 is 1.77 bits per heavy atom. The molecule has 116 valence electrons. The Hall–Kier alpha value is -1.89. The van der Waals surface area contributed by atoms with Gasteiger partial charge in [0.05, 0.1) is 11.3 Å². The van der Waals surface area contributed by atoms with E-state index in [2.05, 4.69) is 5.32 Å². The molecule has 2 aromatic carbocycles. The van der Waals surface area contributed by atoms with Crippen LogP contribution in [-0.4, -0.2) is 14.3 Å². The number of nitrogens with one attached hydrogen (secondary N) is 1. The van der Waals surface area contributed by atoms with Gasteiger partial charge in [-0.1, -0.05) is 35.9 Å². The smallest absolute Gasteiger partial charge is 0.238 e. The van der Waals surface area contributed by atoms with Crippen LogP contribution in [0.2, 0.25) is 5.02 Å². The molecule has 0 saturated carbocycles. The molecule has 0 fully saturated rings. The molecule has 0 radical (unpaired) electrons. The molecule has 0 atom stereocenters. The van der Waals surface area contributed by atoms with Crippen LogP contribution in [0.15, 0.2) is 53.4 Å². The molecule has 7 heteroatoms. The van der Waals surface area contributed by atoms with Crippen LogP contribution in [0.25, 0.3) is 0 Å². The Labute approximate surface area is 134 Å². The normalized spacial score (nSPS) is 11.2. The highest BCUT2D eigenvalue weighted by molar-refractivity contribution is 7.89. The van der Waals surface area contributed by atoms with E-state index in [1.165, 1.54) is 12.1 Å². The molecule has 5 nitrogen and oxygen atoms in total. The first kappa shape index (κ1) is 16.5. The first-order valence-electron chi connectivity index (χ1n) is 6.47. The van der Waals surface area contributed by atoms with Crippen molar-refractivity contribution >= 4 is 27.5 Å². The Kier molecular flexibility index (Phi) is 5.18. The number of carbonyl (C=O) groups excluding carboxylic acids is 1. The molecular weight excluding hydrogens is 324 g/mol. The average Bonchev–Trinajstić information content (AvgIpc) is 2.45. The van der Waals surface area contributed by atoms with Gasteiger partial charge in [0.15, 0.2) is 0 Å². The van der Waals surface area contributed by atoms with Crippen LogP contribution in [0.5, 0.6) is 0 Å². The van der Waals surface area contributed by atoms with Crippen LogP contribution >= 0.6 is 11.6 Å². The second-order valence-corrected chi connectivity index (χ2v) is 6.77. The van der Waals surface area contributed by atoms with E-state index in [1.807, 2.05) is 12.1 Å². The number of sulfonamides is 1. The summed E-state index contributed by atoms with van der Waals surface area (Å²) in [5, 5.41) is 8.41. The molecular formula is C15H15ClN2O3S. The van der Waals surface area contributed by atoms with E-state index >= 15 is 0 Å². The summed E-state index contributed by atoms with van der Waals surface area (Å²) < 4.78 is 22.3. The number of hydrogen-bond acceptors (Lipinski definition) is 3. The number of nitrogens with two attached hydrogens (primary N) is 1. The molecule has 0 aliphatic heterocycles. The van der Waals surface area contributed by atoms with Crippen molar-refractivity contribution in [3.63, 3.8) is 0 Å². The van der Waals surface area contributed by atoms with Crippen molar-refractivity contribution in [1.29, 1.82) is 0 Å². The van der Waals surface area contributed by atoms with Gasteiger partial charge >= 0.3 is 0 Å². The fourth-order valence-electron chi connectivity index (χ4n) is 1.89. The van der Waals surface area contributed by atoms with Crippen molar-refractivity contribution < 1.29 is 13.2 Å². The summed E-state index contributed by atoms with van der Waals surface area (Å²) in [5.41, 5.74) is 1.61. The van der Waals surface area contributed by atoms with E-state index in [-0.39, 0.29) is 17.2 Å². The molecule has 2 aromatic rings. The predicted molar refractivity (Wildman–Crippen MR) is 84.8 cm³/mol. The van der Waals surface area contributed by atoms with Gasteiger partial charge in [-0.3, -0.25) is 4.79 Å². The second-order valence-electron chi connectivity index (χ2n) is 4.77. The van der Waals surface area contributed by atoms with Gasteiger partial charge in [0.25, 0.3) is 0 Å². The van der Waals surface area contributed by atoms with E-state index in [1.54, 1.807) is 24.3 Å². The van der Waals surface area contributed by atoms with Crippen molar-refractivity contribution in [1.82, 2.24) is 5.32 Å². The third kappa shape index (κ3) is 4.84. The van der Waals surface area contributed by atoms with Crippen molar-refractivity contribution in [3.8, 4) is 0 Å². The predicted octanol–water partition coefficient (Wildman–Crippen LogP) is 1.85. The summed E-state index contributed by atoms with van der Waals surface area (Å²) in [6, 6.07) is 13.1. The van der Waals surface area contributed by atoms with Crippen LogP contribution in [0.1, 0.15) is 11.1 Å². The maximum atomic E-state index is 11.9. The summed E-state index contributed by atoms with van der Waals surface area (Å²) in [6.45, 7) is 0.384. The lowest BCUT2D eigenvalue weighted by Crippen LogP contribution is -2.24. The lowest BCUT2D eigenvalue weighted by atomic mass is 10.1. The minimum Gasteiger partial charge on any atom is -0.352 e. The van der Waals surface area contributed by atoms with Gasteiger partial charge in [0.1, 0.15) is 0 Å². The zero-order chi connectivity index (χ0) is 16.2. The number of rotatable bonds is 5. The van der Waals surface area contributed by atoms with Crippen molar-refractivity contribution in [2.24, 2.45) is 5.14 Å². The summed E-state index contributed by atoms with van der Waals surface area (Å²) >= 11 is 5.87. The fraction of sp³-hybridized carbons (Fsp3) is 0.133. The zero-order valence-corrected chi connectivity index (χ0v) is 13.2. The van der Waals surface area contributed by atoms with E-state index < -0.39 is 10.0 Å². The molecule has 0 saturated heterocycles. The Bertz CT molecular complexity index is 774. The average molecular weight is 339 g/mol. The molecule has 0 bridgehead atoms. The molecule has 1 amide bonds. The van der Waals surface area contributed by atoms with Crippen LogP contribution in [0.3, 0.4) is 0 Å². The number of halogens is 1. The maximum Gasteiger partial charge on any atom is 0.238 e. The van der Waals surface area contributed by atoms with Crippen LogP contribution in [0, 0.1) is 0 Å². The SMILES string of the molecule is NS(=O)(=O)c1ccc(CC(=O)NCc2cccc(Cl)c2)cc1. The first-order valence-corrected chi connectivity index (χ1v) is 8.40. The van der Waals surface area contributed by atoms with E-state index in [0.717, 1.165) is 5.56 Å². The second kappa shape index (κ2) is 6.91. The number of carbonyl (C=O) groups is 1. The van der Waals surface area contributed by atoms with Crippen LogP contribution in [0.4, 0.5) is 0 Å². The minimum atomic E-state index is -3.71. The van der Waals surface area contributed by atoms with Crippen LogP contribution < -0.4 is 10.5 Å². The molecule has 0 aliphatic rings. The molecule has 0 aliphatic carbocycles. The zero-order valence-electron chi connectivity index (χ0n) is 11.6. The van der Waals surface area contributed by atoms with E-state index in [4.69, 9.17) is 16.7 Å². The highest BCUT2D eigenvalue weighted by Crippen LogP contribution is 2.11. The van der Waals surface area contributed by atoms with Crippen LogP contribution in [-0.2, 0) is 27.8 Å². The standard InChI is InChI=1S/C15H15ClN2O3S/c16-13-3-1-2-12(8-13)10-18-15(19)9-11-4-6-14(7-5-11)22(17,20)21/h1-8H,9-10H2,(H,18,19)(H2,17,20,21). The van der Waals surface area contributed by atoms with Gasteiger partial charge in [-0.25, -0.2) is 13.6 Å². The third-order valence-corrected chi connectivity index (χ3v) is 4.16. The van der Waals surface area contributed by atoms with E-state index in [9.17, 15) is 13.2 Å². The Morgan fingerprint density at radius 3 is 2.36 bits per heavy atom. The first-order chi connectivity index (χ1) is 10.3. The fourth-order valence-corrected chi connectivity index (χ4v) is 2.62. The minimum absolute atomic E-state index is 0.0237. The van der Waals surface area contributed by atoms with Crippen molar-refractivity contribution in [2.45, 2.75) is 17.9 Å². The lowest BCUT2D eigenvalue weighted by molar-refractivity contribution is -0.120. The highest BCUT2D eigenvalue weighted by Gasteiger charge is 2.08. The van der Waals surface area contributed by atoms with Gasteiger partial charge in [-0.05, 0) is 35.4 Å². The molecule has 22 heavy (non-hydrogen) atoms. The summed E-state index contributed by atoms with van der Waals surface area (Å²) in [7, 11) is -3.71. The third-order valence-electron chi connectivity index (χ3n) is 3.00. The lowest BCUT2D eigenvalue weighted by Gasteiger charge is -2.06. The van der Waals surface area contributed by atoms with Crippen molar-refractivity contribution in [3.05, 3.63) is 64.7 Å². The number of primary sulfonamides is 1. The summed E-state index contributed by atoms with van der Waals surface area (Å²) in [5.74, 6) is -0.164. The highest BCUT2D eigenvalue weighted by atomic mass is 35.5. The summed E-state index contributed by atoms with van der Waals surface area (Å²) in [4.78, 5) is 11.9. The van der Waals surface area contributed by atoms with Gasteiger partial charge < -0.3 is 5.32 Å². The van der Waals surface area contributed by atoms with Crippen molar-refractivity contribution in [2.75, 3.05) is 0 Å². The topological polar surface area (TPSA) is 89.3 Å². The number of hydrogen-bond donors (Lipinski definition) is 2. The van der Waals surface area contributed by atoms with Gasteiger partial charge in [-0.15, -0.1) is 0 Å². The Balaban J connectivity index is 1.92. The summed E-state index contributed by atoms with van der Waals surface area (Å²) in [6.07, 6.45) is 0.158. The quantitative estimate of drug-likeness (QED) is 0.871. The molecule has 0 spiro atoms. The van der Waals surface area contributed by atoms with Gasteiger partial charge in [0.2, 0.25) is 15.9 Å². The largest absolute Gasteiger partial charge is 0.352 e. The molecule has 0 unspecified atom stereocenters. The van der Waals surface area contributed by atoms with Gasteiger partial charge in [-0.2, -0.15) is 0 Å². The monoisotopic (exact) mass is 338 g/mol.